The van der Waals surface area contributed by atoms with Gasteiger partial charge >= 0.3 is 17.9 Å². The molecule has 3 heterocycles. The molecule has 0 unspecified atom stereocenters. The molecule has 3 N–H and O–H groups in total. The molecule has 0 aromatic heterocycles. The first-order valence-electron chi connectivity index (χ1n) is 10.8. The molecule has 0 bridgehead atoms. The Bertz CT molecular complexity index is 448. The zero-order chi connectivity index (χ0) is 23.2. The molecule has 3 fully saturated rings. The van der Waals surface area contributed by atoms with Crippen LogP contribution >= 0.6 is 0 Å². The third-order valence-electron chi connectivity index (χ3n) is 4.61. The number of hydrogen-bond donors (Lipinski definition) is 3. The molecule has 0 atom stereocenters. The number of carboxylic acids is 3. The highest BCUT2D eigenvalue weighted by molar-refractivity contribution is 5.67. The van der Waals surface area contributed by atoms with Gasteiger partial charge in [-0.05, 0) is 5.41 Å². The van der Waals surface area contributed by atoms with E-state index in [-0.39, 0.29) is 0 Å². The van der Waals surface area contributed by atoms with E-state index in [0.717, 1.165) is 58.9 Å². The number of carboxylic acid groups (broad SMARTS) is 3. The molecule has 0 saturated carbocycles. The van der Waals surface area contributed by atoms with Crippen LogP contribution in [0.3, 0.4) is 0 Å². The topological polar surface area (TPSA) is 121 Å². The van der Waals surface area contributed by atoms with Crippen LogP contribution in [0.2, 0.25) is 0 Å². The molecule has 3 saturated heterocycles. The third-order valence-corrected chi connectivity index (χ3v) is 4.61. The molecule has 0 radical (unpaired) electrons. The number of rotatable bonds is 9. The van der Waals surface area contributed by atoms with E-state index in [0.29, 0.717) is 24.7 Å². The largest absolute Gasteiger partial charge is 0.481 e. The Kier molecular flexibility index (Phi) is 14.3. The van der Waals surface area contributed by atoms with Crippen molar-refractivity contribution in [2.24, 2.45) is 5.41 Å². The summed E-state index contributed by atoms with van der Waals surface area (Å²) in [5, 5.41) is 24.5. The summed E-state index contributed by atoms with van der Waals surface area (Å²) in [7, 11) is 0. The minimum Gasteiger partial charge on any atom is -0.481 e. The van der Waals surface area contributed by atoms with E-state index in [2.05, 4.69) is 42.4 Å². The summed E-state index contributed by atoms with van der Waals surface area (Å²) in [5.41, 5.74) is 0.542. The maximum atomic E-state index is 9.90. The molecule has 0 aliphatic carbocycles. The fourth-order valence-electron chi connectivity index (χ4n) is 1.64. The molecule has 0 aromatic carbocycles. The van der Waals surface area contributed by atoms with Crippen LogP contribution in [-0.4, -0.2) is 107 Å². The van der Waals surface area contributed by atoms with Crippen molar-refractivity contribution in [2.75, 3.05) is 58.9 Å². The average molecular weight is 432 g/mol. The third kappa shape index (κ3) is 26.3. The molecule has 9 nitrogen and oxygen atoms in total. The van der Waals surface area contributed by atoms with Crippen LogP contribution in [0.4, 0.5) is 0 Å². The van der Waals surface area contributed by atoms with Gasteiger partial charge in [-0.25, -0.2) is 0 Å². The van der Waals surface area contributed by atoms with Gasteiger partial charge in [0.15, 0.2) is 0 Å². The summed E-state index contributed by atoms with van der Waals surface area (Å²) in [6.45, 7) is 17.7. The summed E-state index contributed by atoms with van der Waals surface area (Å²) in [4.78, 5) is 36.0. The lowest BCUT2D eigenvalue weighted by molar-refractivity contribution is -0.138. The van der Waals surface area contributed by atoms with Crippen molar-refractivity contribution < 1.29 is 29.7 Å². The molecular weight excluding hydrogens is 390 g/mol. The van der Waals surface area contributed by atoms with E-state index < -0.39 is 17.9 Å². The van der Waals surface area contributed by atoms with Crippen molar-refractivity contribution in [3.63, 3.8) is 0 Å². The van der Waals surface area contributed by atoms with Gasteiger partial charge in [-0.3, -0.25) is 14.4 Å². The standard InChI is InChI=1S/C6H14.3C5H9NO2/c1-5-6(2,3)4;3*7-5(8)1-2-6-3-4-6/h5H2,1-4H3;3*1-4H2,(H,7,8). The Morgan fingerprint density at radius 1 is 0.633 bits per heavy atom. The van der Waals surface area contributed by atoms with E-state index in [1.807, 2.05) is 0 Å². The fourth-order valence-corrected chi connectivity index (χ4v) is 1.64. The monoisotopic (exact) mass is 431 g/mol. The summed E-state index contributed by atoms with van der Waals surface area (Å²) in [6.07, 6.45) is 2.15. The van der Waals surface area contributed by atoms with Gasteiger partial charge in [0.2, 0.25) is 0 Å². The van der Waals surface area contributed by atoms with Crippen LogP contribution in [0.1, 0.15) is 53.4 Å². The quantitative estimate of drug-likeness (QED) is 0.469. The molecule has 3 aliphatic rings. The minimum atomic E-state index is -0.697. The Morgan fingerprint density at radius 3 is 0.933 bits per heavy atom. The highest BCUT2D eigenvalue weighted by atomic mass is 16.4. The van der Waals surface area contributed by atoms with Crippen molar-refractivity contribution in [2.45, 2.75) is 53.4 Å². The molecule has 0 spiro atoms. The van der Waals surface area contributed by atoms with Gasteiger partial charge in [-0.1, -0.05) is 34.1 Å². The number of nitrogens with zero attached hydrogens (tertiary/aromatic N) is 3. The Morgan fingerprint density at radius 2 is 0.833 bits per heavy atom. The first-order valence-corrected chi connectivity index (χ1v) is 10.8. The average Bonchev–Trinajstić information content (AvgIpc) is 3.49. The Labute approximate surface area is 180 Å². The zero-order valence-electron chi connectivity index (χ0n) is 19.1. The van der Waals surface area contributed by atoms with E-state index in [1.165, 1.54) is 6.42 Å². The molecule has 0 aromatic rings. The zero-order valence-corrected chi connectivity index (χ0v) is 19.1. The van der Waals surface area contributed by atoms with E-state index >= 15 is 0 Å². The summed E-state index contributed by atoms with van der Waals surface area (Å²) >= 11 is 0. The lowest BCUT2D eigenvalue weighted by Gasteiger charge is -2.12. The maximum Gasteiger partial charge on any atom is 0.304 e. The highest BCUT2D eigenvalue weighted by Crippen LogP contribution is 2.16. The molecule has 30 heavy (non-hydrogen) atoms. The first-order chi connectivity index (χ1) is 13.9. The number of hydrogen-bond acceptors (Lipinski definition) is 6. The van der Waals surface area contributed by atoms with Crippen molar-refractivity contribution in [3.05, 3.63) is 0 Å². The lowest BCUT2D eigenvalue weighted by atomic mass is 9.94. The summed E-state index contributed by atoms with van der Waals surface area (Å²) in [6, 6.07) is 0. The molecule has 3 rings (SSSR count). The summed E-state index contributed by atoms with van der Waals surface area (Å²) < 4.78 is 0. The molecular formula is C21H41N3O6. The molecule has 9 heteroatoms. The van der Waals surface area contributed by atoms with Crippen molar-refractivity contribution in [1.29, 1.82) is 0 Å². The predicted octanol–water partition coefficient (Wildman–Crippen LogP) is 1.77. The predicted molar refractivity (Wildman–Crippen MR) is 116 cm³/mol. The second-order valence-electron chi connectivity index (χ2n) is 8.87. The van der Waals surface area contributed by atoms with E-state index in [4.69, 9.17) is 15.3 Å². The number of aliphatic carboxylic acids is 3. The van der Waals surface area contributed by atoms with E-state index in [1.54, 1.807) is 0 Å². The van der Waals surface area contributed by atoms with Gasteiger partial charge in [0.1, 0.15) is 0 Å². The van der Waals surface area contributed by atoms with Crippen LogP contribution in [0.25, 0.3) is 0 Å². The highest BCUT2D eigenvalue weighted by Gasteiger charge is 2.18. The van der Waals surface area contributed by atoms with Gasteiger partial charge < -0.3 is 30.0 Å². The van der Waals surface area contributed by atoms with Crippen molar-refractivity contribution in [1.82, 2.24) is 14.7 Å². The number of carbonyl (C=O) groups is 3. The second kappa shape index (κ2) is 15.1. The molecule has 176 valence electrons. The summed E-state index contributed by atoms with van der Waals surface area (Å²) in [5.74, 6) is -2.09. The SMILES string of the molecule is CCC(C)(C)C.O=C(O)CCN1CC1.O=C(O)CCN1CC1.O=C(O)CCN1CC1. The van der Waals surface area contributed by atoms with Crippen molar-refractivity contribution >= 4 is 17.9 Å². The van der Waals surface area contributed by atoms with Gasteiger partial charge in [-0.15, -0.1) is 0 Å². The van der Waals surface area contributed by atoms with Gasteiger partial charge in [-0.2, -0.15) is 0 Å². The first kappa shape index (κ1) is 28.3. The van der Waals surface area contributed by atoms with Gasteiger partial charge in [0.05, 0.1) is 19.3 Å². The Hall–Kier alpha value is -1.71. The van der Waals surface area contributed by atoms with Crippen LogP contribution in [0.15, 0.2) is 0 Å². The molecule has 0 amide bonds. The minimum absolute atomic E-state index is 0.292. The van der Waals surface area contributed by atoms with Crippen LogP contribution < -0.4 is 0 Å². The normalized spacial score (nSPS) is 17.2. The smallest absolute Gasteiger partial charge is 0.304 e. The Balaban J connectivity index is 0.000000377. The van der Waals surface area contributed by atoms with Gasteiger partial charge in [0, 0.05) is 58.9 Å². The van der Waals surface area contributed by atoms with Gasteiger partial charge in [0.25, 0.3) is 0 Å². The molecule has 3 aliphatic heterocycles. The lowest BCUT2D eigenvalue weighted by Crippen LogP contribution is -2.05. The van der Waals surface area contributed by atoms with Crippen LogP contribution in [0.5, 0.6) is 0 Å². The van der Waals surface area contributed by atoms with E-state index in [9.17, 15) is 14.4 Å². The van der Waals surface area contributed by atoms with Crippen LogP contribution in [-0.2, 0) is 14.4 Å². The maximum absolute atomic E-state index is 9.90. The second-order valence-corrected chi connectivity index (χ2v) is 8.87. The fraction of sp³-hybridized carbons (Fsp3) is 0.857. The van der Waals surface area contributed by atoms with Crippen molar-refractivity contribution in [3.8, 4) is 0 Å². The van der Waals surface area contributed by atoms with Crippen LogP contribution in [0, 0.1) is 5.41 Å².